The quantitative estimate of drug-likeness (QED) is 0.830. The molecule has 0 radical (unpaired) electrons. The number of nitrogens with one attached hydrogen (secondary N) is 1. The number of amides is 2. The lowest BCUT2D eigenvalue weighted by atomic mass is 9.98. The van der Waals surface area contributed by atoms with Crippen molar-refractivity contribution in [2.24, 2.45) is 11.7 Å². The van der Waals surface area contributed by atoms with Gasteiger partial charge in [0.25, 0.3) is 0 Å². The van der Waals surface area contributed by atoms with E-state index in [0.717, 1.165) is 19.3 Å². The molecule has 2 amide bonds. The van der Waals surface area contributed by atoms with E-state index in [2.05, 4.69) is 5.32 Å². The van der Waals surface area contributed by atoms with Gasteiger partial charge in [-0.3, -0.25) is 4.79 Å². The van der Waals surface area contributed by atoms with E-state index in [4.69, 9.17) is 10.5 Å². The highest BCUT2D eigenvalue weighted by Crippen LogP contribution is 2.19. The van der Waals surface area contributed by atoms with Gasteiger partial charge in [-0.1, -0.05) is 13.8 Å². The second-order valence-corrected chi connectivity index (χ2v) is 7.33. The molecule has 1 aliphatic rings. The SMILES string of the molecule is CC(C)[C@H](N)C(=O)N1CCCC[C@@H]1CNC(=O)OC(C)(C)C. The first-order chi connectivity index (χ1) is 10.1. The normalized spacial score (nSPS) is 20.7. The molecule has 0 aliphatic carbocycles. The molecule has 6 heteroatoms. The molecule has 1 rings (SSSR count). The molecule has 2 atom stereocenters. The summed E-state index contributed by atoms with van der Waals surface area (Å²) in [7, 11) is 0. The van der Waals surface area contributed by atoms with Crippen molar-refractivity contribution in [1.29, 1.82) is 0 Å². The van der Waals surface area contributed by atoms with Crippen LogP contribution in [0.15, 0.2) is 0 Å². The highest BCUT2D eigenvalue weighted by molar-refractivity contribution is 5.82. The topological polar surface area (TPSA) is 84.7 Å². The van der Waals surface area contributed by atoms with Crippen molar-refractivity contribution in [2.45, 2.75) is 71.6 Å². The van der Waals surface area contributed by atoms with Gasteiger partial charge in [0.15, 0.2) is 0 Å². The first-order valence-corrected chi connectivity index (χ1v) is 8.14. The number of ether oxygens (including phenoxy) is 1. The van der Waals surface area contributed by atoms with E-state index >= 15 is 0 Å². The highest BCUT2D eigenvalue weighted by atomic mass is 16.6. The summed E-state index contributed by atoms with van der Waals surface area (Å²) in [6.07, 6.45) is 2.48. The molecule has 0 aromatic carbocycles. The molecule has 128 valence electrons. The third-order valence-electron chi connectivity index (χ3n) is 3.79. The minimum Gasteiger partial charge on any atom is -0.444 e. The summed E-state index contributed by atoms with van der Waals surface area (Å²) in [6, 6.07) is -0.485. The number of carbonyl (C=O) groups is 2. The van der Waals surface area contributed by atoms with Crippen LogP contribution in [0.3, 0.4) is 0 Å². The Hall–Kier alpha value is -1.30. The van der Waals surface area contributed by atoms with E-state index in [9.17, 15) is 9.59 Å². The Morgan fingerprint density at radius 1 is 1.32 bits per heavy atom. The van der Waals surface area contributed by atoms with Crippen LogP contribution in [0.2, 0.25) is 0 Å². The van der Waals surface area contributed by atoms with Crippen LogP contribution >= 0.6 is 0 Å². The lowest BCUT2D eigenvalue weighted by Gasteiger charge is -2.38. The van der Waals surface area contributed by atoms with Crippen LogP contribution in [-0.4, -0.2) is 47.7 Å². The van der Waals surface area contributed by atoms with E-state index in [0.29, 0.717) is 13.1 Å². The lowest BCUT2D eigenvalue weighted by Crippen LogP contribution is -2.55. The first-order valence-electron chi connectivity index (χ1n) is 8.14. The Bertz CT molecular complexity index is 391. The molecule has 1 heterocycles. The number of hydrogen-bond acceptors (Lipinski definition) is 4. The zero-order valence-corrected chi connectivity index (χ0v) is 14.5. The summed E-state index contributed by atoms with van der Waals surface area (Å²) in [5, 5.41) is 2.77. The Kier molecular flexibility index (Phi) is 6.66. The molecule has 6 nitrogen and oxygen atoms in total. The number of piperidine rings is 1. The van der Waals surface area contributed by atoms with Gasteiger partial charge in [-0.15, -0.1) is 0 Å². The lowest BCUT2D eigenvalue weighted by molar-refractivity contribution is -0.137. The molecule has 0 aromatic heterocycles. The minimum atomic E-state index is -0.522. The molecular weight excluding hydrogens is 282 g/mol. The van der Waals surface area contributed by atoms with Crippen molar-refractivity contribution in [3.8, 4) is 0 Å². The van der Waals surface area contributed by atoms with Gasteiger partial charge in [-0.25, -0.2) is 4.79 Å². The molecule has 3 N–H and O–H groups in total. The standard InChI is InChI=1S/C16H31N3O3/c1-11(2)13(17)14(20)19-9-7-6-8-12(19)10-18-15(21)22-16(3,4)5/h11-13H,6-10,17H2,1-5H3,(H,18,21)/t12-,13+/m1/s1. The zero-order chi connectivity index (χ0) is 16.9. The van der Waals surface area contributed by atoms with Crippen LogP contribution in [-0.2, 0) is 9.53 Å². The third kappa shape index (κ3) is 5.83. The van der Waals surface area contributed by atoms with Crippen LogP contribution in [0, 0.1) is 5.92 Å². The van der Waals surface area contributed by atoms with Gasteiger partial charge in [0.1, 0.15) is 5.60 Å². The maximum Gasteiger partial charge on any atom is 0.407 e. The summed E-state index contributed by atoms with van der Waals surface area (Å²) < 4.78 is 5.23. The fourth-order valence-electron chi connectivity index (χ4n) is 2.49. The van der Waals surface area contributed by atoms with E-state index < -0.39 is 17.7 Å². The average Bonchev–Trinajstić information content (AvgIpc) is 2.42. The predicted molar refractivity (Wildman–Crippen MR) is 86.4 cm³/mol. The van der Waals surface area contributed by atoms with Gasteiger partial charge in [0, 0.05) is 19.1 Å². The summed E-state index contributed by atoms with van der Waals surface area (Å²) in [5.74, 6) is 0.0829. The number of hydrogen-bond donors (Lipinski definition) is 2. The molecule has 22 heavy (non-hydrogen) atoms. The van der Waals surface area contributed by atoms with Gasteiger partial charge in [0.2, 0.25) is 5.91 Å². The smallest absolute Gasteiger partial charge is 0.407 e. The van der Waals surface area contributed by atoms with Gasteiger partial charge in [0.05, 0.1) is 6.04 Å². The van der Waals surface area contributed by atoms with Crippen molar-refractivity contribution in [3.05, 3.63) is 0 Å². The summed E-state index contributed by atoms with van der Waals surface area (Å²) in [5.41, 5.74) is 5.47. The molecule has 0 spiro atoms. The van der Waals surface area contributed by atoms with Crippen molar-refractivity contribution in [1.82, 2.24) is 10.2 Å². The third-order valence-corrected chi connectivity index (χ3v) is 3.79. The second-order valence-electron chi connectivity index (χ2n) is 7.33. The fourth-order valence-corrected chi connectivity index (χ4v) is 2.49. The Balaban J connectivity index is 2.59. The molecule has 1 fully saturated rings. The summed E-state index contributed by atoms with van der Waals surface area (Å²) in [4.78, 5) is 26.1. The number of rotatable bonds is 4. The van der Waals surface area contributed by atoms with E-state index in [1.807, 2.05) is 39.5 Å². The average molecular weight is 313 g/mol. The highest BCUT2D eigenvalue weighted by Gasteiger charge is 2.31. The van der Waals surface area contributed by atoms with Crippen LogP contribution < -0.4 is 11.1 Å². The molecule has 0 unspecified atom stereocenters. The maximum atomic E-state index is 12.5. The van der Waals surface area contributed by atoms with Crippen LogP contribution in [0.25, 0.3) is 0 Å². The second kappa shape index (κ2) is 7.81. The molecule has 0 bridgehead atoms. The number of nitrogens with two attached hydrogens (primary N) is 1. The Labute approximate surface area is 133 Å². The van der Waals surface area contributed by atoms with E-state index in [1.165, 1.54) is 0 Å². The monoisotopic (exact) mass is 313 g/mol. The van der Waals surface area contributed by atoms with Gasteiger partial charge in [-0.05, 0) is 46.0 Å². The Morgan fingerprint density at radius 2 is 1.95 bits per heavy atom. The minimum absolute atomic E-state index is 0.00133. The van der Waals surface area contributed by atoms with Crippen molar-refractivity contribution < 1.29 is 14.3 Å². The maximum absolute atomic E-state index is 12.5. The summed E-state index contributed by atoms with van der Waals surface area (Å²) >= 11 is 0. The number of nitrogens with zero attached hydrogens (tertiary/aromatic N) is 1. The van der Waals surface area contributed by atoms with E-state index in [1.54, 1.807) is 0 Å². The molecular formula is C16H31N3O3. The van der Waals surface area contributed by atoms with E-state index in [-0.39, 0.29) is 17.9 Å². The summed E-state index contributed by atoms with van der Waals surface area (Å²) in [6.45, 7) is 10.5. The van der Waals surface area contributed by atoms with Crippen LogP contribution in [0.1, 0.15) is 53.9 Å². The molecule has 0 saturated carbocycles. The van der Waals surface area contributed by atoms with Crippen molar-refractivity contribution in [2.75, 3.05) is 13.1 Å². The van der Waals surface area contributed by atoms with Crippen molar-refractivity contribution >= 4 is 12.0 Å². The fraction of sp³-hybridized carbons (Fsp3) is 0.875. The number of carbonyl (C=O) groups excluding carboxylic acids is 2. The van der Waals surface area contributed by atoms with Crippen LogP contribution in [0.4, 0.5) is 4.79 Å². The number of likely N-dealkylation sites (tertiary alicyclic amines) is 1. The predicted octanol–water partition coefficient (Wildman–Crippen LogP) is 1.88. The molecule has 0 aromatic rings. The van der Waals surface area contributed by atoms with Gasteiger partial charge in [-0.2, -0.15) is 0 Å². The van der Waals surface area contributed by atoms with Crippen molar-refractivity contribution in [3.63, 3.8) is 0 Å². The first kappa shape index (κ1) is 18.7. The van der Waals surface area contributed by atoms with Gasteiger partial charge < -0.3 is 20.7 Å². The number of alkyl carbamates (subject to hydrolysis) is 1. The molecule has 1 aliphatic heterocycles. The van der Waals surface area contributed by atoms with Crippen LogP contribution in [0.5, 0.6) is 0 Å². The largest absolute Gasteiger partial charge is 0.444 e. The Morgan fingerprint density at radius 3 is 2.50 bits per heavy atom. The van der Waals surface area contributed by atoms with Gasteiger partial charge >= 0.3 is 6.09 Å². The zero-order valence-electron chi connectivity index (χ0n) is 14.5. The molecule has 1 saturated heterocycles.